The second-order valence-electron chi connectivity index (χ2n) is 5.61. The number of nitrogens with zero attached hydrogens (tertiary/aromatic N) is 3. The van der Waals surface area contributed by atoms with E-state index in [9.17, 15) is 9.18 Å². The summed E-state index contributed by atoms with van der Waals surface area (Å²) in [6, 6.07) is 5.00. The van der Waals surface area contributed by atoms with Gasteiger partial charge in [-0.15, -0.1) is 0 Å². The number of carboxylic acid groups (broad SMARTS) is 1. The molecule has 0 radical (unpaired) electrons. The Morgan fingerprint density at radius 3 is 2.87 bits per heavy atom. The van der Waals surface area contributed by atoms with Gasteiger partial charge < -0.3 is 14.7 Å². The number of hydrogen-bond donors (Lipinski definition) is 1. The zero-order valence-electron chi connectivity index (χ0n) is 12.6. The monoisotopic (exact) mass is 317 g/mol. The van der Waals surface area contributed by atoms with Crippen LogP contribution in [0.25, 0.3) is 11.1 Å². The quantitative estimate of drug-likeness (QED) is 0.858. The van der Waals surface area contributed by atoms with E-state index in [4.69, 9.17) is 9.84 Å². The van der Waals surface area contributed by atoms with Gasteiger partial charge in [0.15, 0.2) is 0 Å². The summed E-state index contributed by atoms with van der Waals surface area (Å²) >= 11 is 0. The summed E-state index contributed by atoms with van der Waals surface area (Å²) in [6.45, 7) is 0.218. The van der Waals surface area contributed by atoms with Crippen LogP contribution in [-0.2, 0) is 0 Å². The third-order valence-electron chi connectivity index (χ3n) is 4.12. The molecule has 7 heteroatoms. The predicted molar refractivity (Wildman–Crippen MR) is 80.7 cm³/mol. The molecule has 0 unspecified atom stereocenters. The van der Waals surface area contributed by atoms with Gasteiger partial charge in [0.25, 0.3) is 0 Å². The summed E-state index contributed by atoms with van der Waals surface area (Å²) in [5.74, 6) is -0.204. The Labute approximate surface area is 132 Å². The minimum Gasteiger partial charge on any atom is -0.489 e. The molecule has 0 atom stereocenters. The van der Waals surface area contributed by atoms with Crippen molar-refractivity contribution in [2.45, 2.75) is 18.4 Å². The average molecular weight is 317 g/mol. The van der Waals surface area contributed by atoms with E-state index in [2.05, 4.69) is 9.97 Å². The summed E-state index contributed by atoms with van der Waals surface area (Å²) in [5, 5.41) is 9.09. The van der Waals surface area contributed by atoms with Gasteiger partial charge in [0.1, 0.15) is 12.4 Å². The lowest BCUT2D eigenvalue weighted by Gasteiger charge is -2.25. The number of amides is 1. The molecule has 2 heterocycles. The lowest BCUT2D eigenvalue weighted by Crippen LogP contribution is -2.42. The van der Waals surface area contributed by atoms with E-state index < -0.39 is 17.6 Å². The molecular formula is C16H16FN3O3. The Kier molecular flexibility index (Phi) is 3.85. The number of rotatable bonds is 5. The zero-order valence-corrected chi connectivity index (χ0v) is 12.6. The van der Waals surface area contributed by atoms with Gasteiger partial charge in [-0.2, -0.15) is 4.39 Å². The van der Waals surface area contributed by atoms with E-state index in [1.165, 1.54) is 18.1 Å². The Balaban J connectivity index is 1.76. The average Bonchev–Trinajstić information content (AvgIpc) is 3.35. The summed E-state index contributed by atoms with van der Waals surface area (Å²) in [5.41, 5.74) is 0.410. The first-order chi connectivity index (χ1) is 11.0. The molecule has 2 aromatic rings. The van der Waals surface area contributed by atoms with Crippen molar-refractivity contribution in [3.8, 4) is 16.9 Å². The van der Waals surface area contributed by atoms with Crippen molar-refractivity contribution in [2.75, 3.05) is 13.7 Å². The standard InChI is InChI=1S/C16H16FN3O3/c1-20(15(21)22)16(4-5-16)10-23-12-7-13(14(17)19-9-12)11-3-2-6-18-8-11/h2-3,6-9H,4-5,10H2,1H3,(H,21,22). The van der Waals surface area contributed by atoms with Crippen molar-refractivity contribution in [1.82, 2.24) is 14.9 Å². The Morgan fingerprint density at radius 2 is 2.26 bits per heavy atom. The van der Waals surface area contributed by atoms with Crippen LogP contribution in [0.1, 0.15) is 12.8 Å². The number of carbonyl (C=O) groups is 1. The highest BCUT2D eigenvalue weighted by Crippen LogP contribution is 2.41. The fraction of sp³-hybridized carbons (Fsp3) is 0.312. The molecule has 1 N–H and O–H groups in total. The van der Waals surface area contributed by atoms with Gasteiger partial charge in [0.2, 0.25) is 5.95 Å². The van der Waals surface area contributed by atoms with Crippen LogP contribution in [0.15, 0.2) is 36.8 Å². The zero-order chi connectivity index (χ0) is 16.4. The molecule has 1 aliphatic rings. The fourth-order valence-electron chi connectivity index (χ4n) is 2.37. The molecule has 0 aliphatic heterocycles. The molecule has 3 rings (SSSR count). The van der Waals surface area contributed by atoms with Crippen LogP contribution < -0.4 is 4.74 Å². The van der Waals surface area contributed by atoms with E-state index in [0.717, 1.165) is 12.8 Å². The van der Waals surface area contributed by atoms with Gasteiger partial charge in [-0.3, -0.25) is 4.98 Å². The number of hydrogen-bond acceptors (Lipinski definition) is 4. The van der Waals surface area contributed by atoms with Crippen LogP contribution in [0.2, 0.25) is 0 Å². The first kappa shape index (κ1) is 15.2. The van der Waals surface area contributed by atoms with Gasteiger partial charge in [-0.05, 0) is 25.0 Å². The third kappa shape index (κ3) is 3.08. The molecule has 0 bridgehead atoms. The highest BCUT2D eigenvalue weighted by atomic mass is 19.1. The van der Waals surface area contributed by atoms with Crippen molar-refractivity contribution in [3.63, 3.8) is 0 Å². The smallest absolute Gasteiger partial charge is 0.407 e. The maximum absolute atomic E-state index is 13.9. The second-order valence-corrected chi connectivity index (χ2v) is 5.61. The molecule has 1 fully saturated rings. The third-order valence-corrected chi connectivity index (χ3v) is 4.12. The minimum absolute atomic E-state index is 0.218. The molecule has 1 saturated carbocycles. The van der Waals surface area contributed by atoms with Crippen LogP contribution in [0.4, 0.5) is 9.18 Å². The molecule has 120 valence electrons. The van der Waals surface area contributed by atoms with Crippen molar-refractivity contribution >= 4 is 6.09 Å². The Hall–Kier alpha value is -2.70. The molecule has 1 amide bonds. The van der Waals surface area contributed by atoms with Crippen LogP contribution in [0, 0.1) is 5.95 Å². The molecule has 6 nitrogen and oxygen atoms in total. The Bertz CT molecular complexity index is 720. The van der Waals surface area contributed by atoms with Crippen molar-refractivity contribution in [2.24, 2.45) is 0 Å². The lowest BCUT2D eigenvalue weighted by atomic mass is 10.1. The van der Waals surface area contributed by atoms with Gasteiger partial charge in [0, 0.05) is 30.6 Å². The maximum Gasteiger partial charge on any atom is 0.407 e. The minimum atomic E-state index is -0.987. The summed E-state index contributed by atoms with van der Waals surface area (Å²) in [4.78, 5) is 20.0. The van der Waals surface area contributed by atoms with Crippen LogP contribution in [0.5, 0.6) is 5.75 Å². The number of pyridine rings is 2. The topological polar surface area (TPSA) is 75.6 Å². The summed E-state index contributed by atoms with van der Waals surface area (Å²) in [7, 11) is 1.53. The summed E-state index contributed by atoms with van der Waals surface area (Å²) < 4.78 is 19.6. The predicted octanol–water partition coefficient (Wildman–Crippen LogP) is 2.80. The van der Waals surface area contributed by atoms with Crippen LogP contribution in [0.3, 0.4) is 0 Å². The fourth-order valence-corrected chi connectivity index (χ4v) is 2.37. The van der Waals surface area contributed by atoms with Gasteiger partial charge in [0.05, 0.1) is 11.7 Å². The molecule has 23 heavy (non-hydrogen) atoms. The molecule has 2 aromatic heterocycles. The van der Waals surface area contributed by atoms with Gasteiger partial charge >= 0.3 is 6.09 Å². The van der Waals surface area contributed by atoms with Gasteiger partial charge in [-0.1, -0.05) is 6.07 Å². The molecular weight excluding hydrogens is 301 g/mol. The second kappa shape index (κ2) is 5.83. The maximum atomic E-state index is 13.9. The van der Waals surface area contributed by atoms with Crippen molar-refractivity contribution < 1.29 is 19.0 Å². The van der Waals surface area contributed by atoms with Crippen LogP contribution in [-0.4, -0.2) is 45.3 Å². The first-order valence-electron chi connectivity index (χ1n) is 7.17. The highest BCUT2D eigenvalue weighted by molar-refractivity contribution is 5.66. The van der Waals surface area contributed by atoms with E-state index in [1.807, 2.05) is 0 Å². The van der Waals surface area contributed by atoms with Gasteiger partial charge in [-0.25, -0.2) is 9.78 Å². The molecule has 0 aromatic carbocycles. The molecule has 0 spiro atoms. The Morgan fingerprint density at radius 1 is 1.48 bits per heavy atom. The largest absolute Gasteiger partial charge is 0.489 e. The number of ether oxygens (including phenoxy) is 1. The van der Waals surface area contributed by atoms with E-state index >= 15 is 0 Å². The number of likely N-dealkylation sites (N-methyl/N-ethyl adjacent to an activating group) is 1. The SMILES string of the molecule is CN(C(=O)O)C1(COc2cnc(F)c(-c3cccnc3)c2)CC1. The van der Waals surface area contributed by atoms with E-state index in [0.29, 0.717) is 16.9 Å². The van der Waals surface area contributed by atoms with E-state index in [-0.39, 0.29) is 6.61 Å². The molecule has 0 saturated heterocycles. The molecule has 1 aliphatic carbocycles. The number of aromatic nitrogens is 2. The van der Waals surface area contributed by atoms with Crippen LogP contribution >= 0.6 is 0 Å². The highest BCUT2D eigenvalue weighted by Gasteiger charge is 2.49. The first-order valence-corrected chi connectivity index (χ1v) is 7.17. The normalized spacial score (nSPS) is 15.0. The van der Waals surface area contributed by atoms with Crippen molar-refractivity contribution in [3.05, 3.63) is 42.7 Å². The number of halogens is 1. The summed E-state index contributed by atoms with van der Waals surface area (Å²) in [6.07, 6.45) is 4.96. The lowest BCUT2D eigenvalue weighted by molar-refractivity contribution is 0.109. The van der Waals surface area contributed by atoms with Crippen molar-refractivity contribution in [1.29, 1.82) is 0 Å². The van der Waals surface area contributed by atoms with E-state index in [1.54, 1.807) is 30.6 Å².